The van der Waals surface area contributed by atoms with Crippen LogP contribution in [-0.4, -0.2) is 16.7 Å². The van der Waals surface area contributed by atoms with Gasteiger partial charge in [-0.1, -0.05) is 54.1 Å². The first-order chi connectivity index (χ1) is 10.1. The van der Waals surface area contributed by atoms with Gasteiger partial charge in [0.1, 0.15) is 0 Å². The third-order valence-electron chi connectivity index (χ3n) is 2.96. The van der Waals surface area contributed by atoms with Crippen LogP contribution in [0.15, 0.2) is 59.7 Å². The number of amides is 1. The van der Waals surface area contributed by atoms with Gasteiger partial charge in [0.25, 0.3) is 5.91 Å². The van der Waals surface area contributed by atoms with Gasteiger partial charge in [-0.2, -0.15) is 5.10 Å². The summed E-state index contributed by atoms with van der Waals surface area (Å²) in [5.41, 5.74) is 4.35. The molecule has 0 spiro atoms. The Hall–Kier alpha value is -2.17. The van der Waals surface area contributed by atoms with E-state index < -0.39 is 12.0 Å². The smallest absolute Gasteiger partial charge is 0.273 e. The fraction of sp³-hybridized carbons (Fsp3) is 0.125. The molecule has 4 nitrogen and oxygen atoms in total. The van der Waals surface area contributed by atoms with Crippen LogP contribution in [0.5, 0.6) is 0 Å². The van der Waals surface area contributed by atoms with Crippen LogP contribution in [0.2, 0.25) is 5.02 Å². The highest BCUT2D eigenvalue weighted by Crippen LogP contribution is 2.12. The van der Waals surface area contributed by atoms with Crippen LogP contribution < -0.4 is 5.43 Å². The summed E-state index contributed by atoms with van der Waals surface area (Å²) in [5.74, 6) is -0.575. The van der Waals surface area contributed by atoms with E-state index in [0.29, 0.717) is 16.3 Å². The van der Waals surface area contributed by atoms with Crippen molar-refractivity contribution in [3.05, 3.63) is 70.7 Å². The maximum absolute atomic E-state index is 11.8. The number of rotatable bonds is 4. The minimum Gasteiger partial charge on any atom is -0.378 e. The first kappa shape index (κ1) is 15.2. The maximum Gasteiger partial charge on any atom is 0.273 e. The van der Waals surface area contributed by atoms with Crippen molar-refractivity contribution >= 4 is 23.2 Å². The van der Waals surface area contributed by atoms with Crippen molar-refractivity contribution in [1.29, 1.82) is 0 Å². The zero-order chi connectivity index (χ0) is 15.2. The van der Waals surface area contributed by atoms with E-state index in [1.54, 1.807) is 55.5 Å². The highest BCUT2D eigenvalue weighted by molar-refractivity contribution is 6.30. The highest BCUT2D eigenvalue weighted by Gasteiger charge is 2.16. The van der Waals surface area contributed by atoms with Crippen molar-refractivity contribution in [2.45, 2.75) is 13.0 Å². The Kier molecular flexibility index (Phi) is 5.09. The molecule has 0 aliphatic carbocycles. The zero-order valence-corrected chi connectivity index (χ0v) is 12.2. The van der Waals surface area contributed by atoms with Crippen molar-refractivity contribution in [3.8, 4) is 0 Å². The van der Waals surface area contributed by atoms with Crippen LogP contribution in [-0.2, 0) is 4.79 Å². The molecule has 2 rings (SSSR count). The van der Waals surface area contributed by atoms with Gasteiger partial charge in [0.05, 0.1) is 5.71 Å². The Bertz CT molecular complexity index is 639. The summed E-state index contributed by atoms with van der Waals surface area (Å²) in [5, 5.41) is 14.5. The van der Waals surface area contributed by atoms with Crippen LogP contribution in [0.25, 0.3) is 0 Å². The number of nitrogens with one attached hydrogen (secondary N) is 1. The second kappa shape index (κ2) is 7.02. The zero-order valence-electron chi connectivity index (χ0n) is 11.5. The molecule has 0 aromatic heterocycles. The van der Waals surface area contributed by atoms with E-state index in [-0.39, 0.29) is 0 Å². The van der Waals surface area contributed by atoms with Crippen LogP contribution in [0.1, 0.15) is 24.2 Å². The summed E-state index contributed by atoms with van der Waals surface area (Å²) in [4.78, 5) is 11.8. The first-order valence-corrected chi connectivity index (χ1v) is 6.79. The summed E-state index contributed by atoms with van der Waals surface area (Å²) >= 11 is 5.81. The normalized spacial score (nSPS) is 12.8. The van der Waals surface area contributed by atoms with Gasteiger partial charge >= 0.3 is 0 Å². The monoisotopic (exact) mass is 302 g/mol. The van der Waals surface area contributed by atoms with E-state index >= 15 is 0 Å². The Morgan fingerprint density at radius 3 is 2.38 bits per heavy atom. The Balaban J connectivity index is 2.03. The molecular weight excluding hydrogens is 288 g/mol. The summed E-state index contributed by atoms with van der Waals surface area (Å²) < 4.78 is 0. The maximum atomic E-state index is 11.8. The molecule has 0 saturated carbocycles. The molecule has 108 valence electrons. The molecular formula is C16H15ClN2O2. The topological polar surface area (TPSA) is 61.7 Å². The number of aliphatic hydroxyl groups excluding tert-OH is 1. The molecule has 21 heavy (non-hydrogen) atoms. The SMILES string of the molecule is C/C(=N\NC(=O)C(O)c1ccccc1)c1ccc(Cl)cc1. The number of halogens is 1. The lowest BCUT2D eigenvalue weighted by Crippen LogP contribution is -2.26. The molecule has 0 radical (unpaired) electrons. The van der Waals surface area contributed by atoms with Crippen molar-refractivity contribution < 1.29 is 9.90 Å². The molecule has 0 saturated heterocycles. The molecule has 0 fully saturated rings. The molecule has 2 N–H and O–H groups in total. The van der Waals surface area contributed by atoms with Crippen molar-refractivity contribution in [1.82, 2.24) is 5.43 Å². The first-order valence-electron chi connectivity index (χ1n) is 6.41. The molecule has 1 amide bonds. The molecule has 1 unspecified atom stereocenters. The number of nitrogens with zero attached hydrogens (tertiary/aromatic N) is 1. The van der Waals surface area contributed by atoms with Crippen LogP contribution in [0, 0.1) is 0 Å². The van der Waals surface area contributed by atoms with E-state index in [4.69, 9.17) is 11.6 Å². The highest BCUT2D eigenvalue weighted by atomic mass is 35.5. The minimum absolute atomic E-state index is 0.523. The van der Waals surface area contributed by atoms with E-state index in [9.17, 15) is 9.90 Å². The van der Waals surface area contributed by atoms with Gasteiger partial charge in [0.2, 0.25) is 0 Å². The second-order valence-corrected chi connectivity index (χ2v) is 4.93. The average molecular weight is 303 g/mol. The number of hydrogen-bond acceptors (Lipinski definition) is 3. The summed E-state index contributed by atoms with van der Waals surface area (Å²) in [6, 6.07) is 15.8. The predicted octanol–water partition coefficient (Wildman–Crippen LogP) is 2.91. The Morgan fingerprint density at radius 2 is 1.76 bits per heavy atom. The lowest BCUT2D eigenvalue weighted by atomic mass is 10.1. The van der Waals surface area contributed by atoms with Gasteiger partial charge in [-0.3, -0.25) is 4.79 Å². The van der Waals surface area contributed by atoms with Crippen molar-refractivity contribution in [2.75, 3.05) is 0 Å². The van der Waals surface area contributed by atoms with Gasteiger partial charge in [0.15, 0.2) is 6.10 Å². The van der Waals surface area contributed by atoms with Gasteiger partial charge in [-0.15, -0.1) is 0 Å². The van der Waals surface area contributed by atoms with Gasteiger partial charge in [-0.25, -0.2) is 5.43 Å². The molecule has 5 heteroatoms. The third-order valence-corrected chi connectivity index (χ3v) is 3.21. The third kappa shape index (κ3) is 4.15. The van der Waals surface area contributed by atoms with E-state index in [2.05, 4.69) is 10.5 Å². The summed E-state index contributed by atoms with van der Waals surface area (Å²) in [6.07, 6.45) is -1.24. The molecule has 2 aromatic rings. The quantitative estimate of drug-likeness (QED) is 0.674. The van der Waals surface area contributed by atoms with E-state index in [1.807, 2.05) is 6.07 Å². The molecule has 0 aliphatic rings. The molecule has 0 aliphatic heterocycles. The molecule has 1 atom stereocenters. The van der Waals surface area contributed by atoms with Gasteiger partial charge in [0, 0.05) is 5.02 Å². The number of hydrogen-bond donors (Lipinski definition) is 2. The lowest BCUT2D eigenvalue weighted by Gasteiger charge is -2.09. The van der Waals surface area contributed by atoms with E-state index in [0.717, 1.165) is 5.56 Å². The second-order valence-electron chi connectivity index (χ2n) is 4.49. The summed E-state index contributed by atoms with van der Waals surface area (Å²) in [7, 11) is 0. The number of benzene rings is 2. The minimum atomic E-state index is -1.24. The van der Waals surface area contributed by atoms with E-state index in [1.165, 1.54) is 0 Å². The number of carbonyl (C=O) groups excluding carboxylic acids is 1. The van der Waals surface area contributed by atoms with Gasteiger partial charge in [-0.05, 0) is 30.2 Å². The fourth-order valence-corrected chi connectivity index (χ4v) is 1.87. The average Bonchev–Trinajstić information content (AvgIpc) is 2.53. The largest absolute Gasteiger partial charge is 0.378 e. The lowest BCUT2D eigenvalue weighted by molar-refractivity contribution is -0.129. The Morgan fingerprint density at radius 1 is 1.14 bits per heavy atom. The number of aliphatic hydroxyl groups is 1. The van der Waals surface area contributed by atoms with Crippen molar-refractivity contribution in [3.63, 3.8) is 0 Å². The number of carbonyl (C=O) groups is 1. The number of hydrazone groups is 1. The molecule has 0 bridgehead atoms. The fourth-order valence-electron chi connectivity index (χ4n) is 1.74. The summed E-state index contributed by atoms with van der Waals surface area (Å²) in [6.45, 7) is 1.76. The van der Waals surface area contributed by atoms with Crippen LogP contribution in [0.3, 0.4) is 0 Å². The van der Waals surface area contributed by atoms with Crippen LogP contribution >= 0.6 is 11.6 Å². The molecule has 0 heterocycles. The van der Waals surface area contributed by atoms with Crippen molar-refractivity contribution in [2.24, 2.45) is 5.10 Å². The van der Waals surface area contributed by atoms with Crippen LogP contribution in [0.4, 0.5) is 0 Å². The van der Waals surface area contributed by atoms with Gasteiger partial charge < -0.3 is 5.11 Å². The molecule has 2 aromatic carbocycles. The standard InChI is InChI=1S/C16H15ClN2O2/c1-11(12-7-9-14(17)10-8-12)18-19-16(21)15(20)13-5-3-2-4-6-13/h2-10,15,20H,1H3,(H,19,21)/b18-11+. The predicted molar refractivity (Wildman–Crippen MR) is 83.2 cm³/mol. The Labute approximate surface area is 128 Å².